The van der Waals surface area contributed by atoms with E-state index >= 15 is 0 Å². The number of carbonyl (C=O) groups is 4. The van der Waals surface area contributed by atoms with E-state index in [1.165, 1.54) is 6.92 Å². The summed E-state index contributed by atoms with van der Waals surface area (Å²) in [4.78, 5) is 55.8. The molecule has 236 valence electrons. The highest BCUT2D eigenvalue weighted by Crippen LogP contribution is 2.23. The maximum absolute atomic E-state index is 14.0. The number of para-hydroxylation sites is 1. The molecule has 0 aliphatic rings. The van der Waals surface area contributed by atoms with Crippen molar-refractivity contribution in [1.82, 2.24) is 20.9 Å². The van der Waals surface area contributed by atoms with Crippen molar-refractivity contribution in [2.45, 2.75) is 50.7 Å². The van der Waals surface area contributed by atoms with Crippen molar-refractivity contribution in [1.29, 1.82) is 0 Å². The monoisotopic (exact) mass is 618 g/mol. The van der Waals surface area contributed by atoms with Crippen molar-refractivity contribution in [2.24, 2.45) is 5.73 Å². The fourth-order valence-corrected chi connectivity index (χ4v) is 5.72. The molecule has 4 amide bonds. The number of nitrogens with two attached hydrogens (primary N) is 2. The summed E-state index contributed by atoms with van der Waals surface area (Å²) < 4.78 is 0. The molecule has 4 atom stereocenters. The zero-order valence-corrected chi connectivity index (χ0v) is 25.7. The first-order valence-electron chi connectivity index (χ1n) is 15.1. The van der Waals surface area contributed by atoms with Crippen LogP contribution in [-0.2, 0) is 32.0 Å². The molecule has 4 aromatic carbocycles. The topological polar surface area (TPSA) is 172 Å². The minimum absolute atomic E-state index is 0.151. The Balaban J connectivity index is 1.40. The Bertz CT molecular complexity index is 1880. The summed E-state index contributed by atoms with van der Waals surface area (Å²) in [6, 6.07) is 25.2. The van der Waals surface area contributed by atoms with Gasteiger partial charge in [-0.15, -0.1) is 0 Å². The highest BCUT2D eigenvalue weighted by molar-refractivity contribution is 5.95. The van der Waals surface area contributed by atoms with E-state index in [9.17, 15) is 19.2 Å². The number of anilines is 1. The zero-order chi connectivity index (χ0) is 32.8. The number of hydrogen-bond donors (Lipinski definition) is 6. The molecular weight excluding hydrogens is 580 g/mol. The molecule has 1 aromatic heterocycles. The van der Waals surface area contributed by atoms with Gasteiger partial charge >= 0.3 is 0 Å². The number of benzene rings is 4. The minimum Gasteiger partial charge on any atom is -0.399 e. The van der Waals surface area contributed by atoms with E-state index in [2.05, 4.69) is 20.9 Å². The molecule has 46 heavy (non-hydrogen) atoms. The van der Waals surface area contributed by atoms with Crippen molar-refractivity contribution in [3.8, 4) is 0 Å². The van der Waals surface area contributed by atoms with Crippen LogP contribution in [-0.4, -0.2) is 46.7 Å². The maximum atomic E-state index is 14.0. The second-order valence-electron chi connectivity index (χ2n) is 11.6. The first kappa shape index (κ1) is 31.8. The van der Waals surface area contributed by atoms with E-state index in [4.69, 9.17) is 11.5 Å². The van der Waals surface area contributed by atoms with E-state index in [0.717, 1.165) is 38.4 Å². The number of fused-ring (bicyclic) bond motifs is 2. The molecule has 5 aromatic rings. The first-order chi connectivity index (χ1) is 22.1. The third kappa shape index (κ3) is 7.52. The van der Waals surface area contributed by atoms with Crippen molar-refractivity contribution in [3.63, 3.8) is 0 Å². The van der Waals surface area contributed by atoms with E-state index in [1.807, 2.05) is 66.7 Å². The van der Waals surface area contributed by atoms with Crippen LogP contribution in [0.25, 0.3) is 21.7 Å². The summed E-state index contributed by atoms with van der Waals surface area (Å²) in [5.41, 5.74) is 15.5. The largest absolute Gasteiger partial charge is 0.399 e. The van der Waals surface area contributed by atoms with Gasteiger partial charge in [0.15, 0.2) is 0 Å². The van der Waals surface area contributed by atoms with Crippen molar-refractivity contribution in [2.75, 3.05) is 5.73 Å². The maximum Gasteiger partial charge on any atom is 0.243 e. The number of nitrogen functional groups attached to an aromatic ring is 1. The van der Waals surface area contributed by atoms with Gasteiger partial charge in [0.2, 0.25) is 23.6 Å². The summed E-state index contributed by atoms with van der Waals surface area (Å²) >= 11 is 0. The van der Waals surface area contributed by atoms with Crippen LogP contribution in [0.3, 0.4) is 0 Å². The van der Waals surface area contributed by atoms with Gasteiger partial charge in [-0.1, -0.05) is 79.7 Å². The fourth-order valence-electron chi connectivity index (χ4n) is 5.72. The fraction of sp³-hybridized carbons (Fsp3) is 0.222. The van der Waals surface area contributed by atoms with Crippen LogP contribution < -0.4 is 27.4 Å². The lowest BCUT2D eigenvalue weighted by Gasteiger charge is -2.29. The number of carbonyl (C=O) groups excluding carboxylic acids is 4. The lowest BCUT2D eigenvalue weighted by atomic mass is 9.91. The van der Waals surface area contributed by atoms with E-state index in [1.54, 1.807) is 37.4 Å². The Morgan fingerprint density at radius 2 is 1.46 bits per heavy atom. The Kier molecular flexibility index (Phi) is 9.66. The molecule has 0 aliphatic heterocycles. The standard InChI is InChI=1S/C36H38N6O4/c1-21(24-13-15-28(37)16-14-24)33(36(46)41-31(34(38)44)19-27-20-39-30-10-6-5-9-29(27)30)42-35(45)32(40-22(2)43)18-23-11-12-25-7-3-4-8-26(25)17-23/h3-17,20-21,31-33,39H,18-19,37H2,1-2H3,(H2,38,44)(H,40,43)(H,41,46)(H,42,45)/t21-,31+,32?,33+/m1/s1. The van der Waals surface area contributed by atoms with E-state index in [-0.39, 0.29) is 18.7 Å². The molecule has 0 fully saturated rings. The number of primary amides is 1. The molecule has 10 heteroatoms. The third-order valence-corrected chi connectivity index (χ3v) is 8.25. The molecule has 1 heterocycles. The van der Waals surface area contributed by atoms with Gasteiger partial charge in [0, 0.05) is 48.5 Å². The van der Waals surface area contributed by atoms with Gasteiger partial charge in [-0.25, -0.2) is 0 Å². The number of hydrogen-bond acceptors (Lipinski definition) is 5. The number of nitrogens with one attached hydrogen (secondary N) is 4. The molecule has 1 unspecified atom stereocenters. The molecule has 0 spiro atoms. The molecule has 0 saturated carbocycles. The van der Waals surface area contributed by atoms with E-state index in [0.29, 0.717) is 5.69 Å². The summed E-state index contributed by atoms with van der Waals surface area (Å²) in [6.07, 6.45) is 2.14. The predicted molar refractivity (Wildman–Crippen MR) is 180 cm³/mol. The van der Waals surface area contributed by atoms with Crippen LogP contribution in [0.5, 0.6) is 0 Å². The number of aromatic amines is 1. The number of H-pyrrole nitrogens is 1. The van der Waals surface area contributed by atoms with Crippen LogP contribution in [0.1, 0.15) is 36.5 Å². The number of amides is 4. The molecule has 5 rings (SSSR count). The molecule has 0 radical (unpaired) electrons. The van der Waals surface area contributed by atoms with Crippen LogP contribution in [0, 0.1) is 0 Å². The first-order valence-corrected chi connectivity index (χ1v) is 15.1. The average Bonchev–Trinajstić information content (AvgIpc) is 3.45. The van der Waals surface area contributed by atoms with Crippen LogP contribution in [0.15, 0.2) is 97.2 Å². The average molecular weight is 619 g/mol. The zero-order valence-electron chi connectivity index (χ0n) is 25.7. The molecule has 0 saturated heterocycles. The van der Waals surface area contributed by atoms with Gasteiger partial charge in [-0.2, -0.15) is 0 Å². The minimum atomic E-state index is -1.12. The Morgan fingerprint density at radius 1 is 0.761 bits per heavy atom. The summed E-state index contributed by atoms with van der Waals surface area (Å²) in [7, 11) is 0. The van der Waals surface area contributed by atoms with Gasteiger partial charge in [0.05, 0.1) is 0 Å². The van der Waals surface area contributed by atoms with Gasteiger partial charge in [-0.05, 0) is 45.7 Å². The second-order valence-corrected chi connectivity index (χ2v) is 11.6. The molecule has 0 aliphatic carbocycles. The Hall–Kier alpha value is -5.64. The summed E-state index contributed by atoms with van der Waals surface area (Å²) in [6.45, 7) is 3.13. The Morgan fingerprint density at radius 3 is 2.17 bits per heavy atom. The van der Waals surface area contributed by atoms with Crippen molar-refractivity contribution < 1.29 is 19.2 Å². The summed E-state index contributed by atoms with van der Waals surface area (Å²) in [5.74, 6) is -2.77. The van der Waals surface area contributed by atoms with Crippen molar-refractivity contribution in [3.05, 3.63) is 114 Å². The smallest absolute Gasteiger partial charge is 0.243 e. The third-order valence-electron chi connectivity index (χ3n) is 8.25. The predicted octanol–water partition coefficient (Wildman–Crippen LogP) is 3.45. The highest BCUT2D eigenvalue weighted by atomic mass is 16.2. The Labute approximate surface area is 266 Å². The summed E-state index contributed by atoms with van der Waals surface area (Å²) in [5, 5.41) is 11.4. The van der Waals surface area contributed by atoms with E-state index < -0.39 is 41.8 Å². The van der Waals surface area contributed by atoms with Crippen LogP contribution in [0.4, 0.5) is 5.69 Å². The number of rotatable bonds is 12. The molecule has 10 nitrogen and oxygen atoms in total. The molecule has 0 bridgehead atoms. The molecule has 8 N–H and O–H groups in total. The SMILES string of the molecule is CC(=O)NC(Cc1ccc2ccccc2c1)C(=O)N[C@H](C(=O)N[C@@H](Cc1c[nH]c2ccccc12)C(N)=O)[C@H](C)c1ccc(N)cc1. The lowest BCUT2D eigenvalue weighted by Crippen LogP contribution is -2.58. The van der Waals surface area contributed by atoms with Crippen molar-refractivity contribution >= 4 is 51.0 Å². The van der Waals surface area contributed by atoms with Gasteiger partial charge in [-0.3, -0.25) is 19.2 Å². The van der Waals surface area contributed by atoms with Gasteiger partial charge in [0.1, 0.15) is 18.1 Å². The second kappa shape index (κ2) is 14.0. The normalized spacial score (nSPS) is 13.8. The van der Waals surface area contributed by atoms with Gasteiger partial charge < -0.3 is 32.4 Å². The highest BCUT2D eigenvalue weighted by Gasteiger charge is 2.33. The molecular formula is C36H38N6O4. The quantitative estimate of drug-likeness (QED) is 0.117. The lowest BCUT2D eigenvalue weighted by molar-refractivity contribution is -0.133. The van der Waals surface area contributed by atoms with Crippen LogP contribution >= 0.6 is 0 Å². The van der Waals surface area contributed by atoms with Gasteiger partial charge in [0.25, 0.3) is 0 Å². The van der Waals surface area contributed by atoms with Crippen LogP contribution in [0.2, 0.25) is 0 Å². The number of aromatic nitrogens is 1.